The molecule has 1 aromatic carbocycles. The number of nitrogens with zero attached hydrogens (tertiary/aromatic N) is 3. The van der Waals surface area contributed by atoms with Crippen LogP contribution in [0.25, 0.3) is 22.6 Å². The smallest absolute Gasteiger partial charge is 0.182 e. The van der Waals surface area contributed by atoms with Gasteiger partial charge in [-0.05, 0) is 12.1 Å². The van der Waals surface area contributed by atoms with Crippen molar-refractivity contribution in [2.45, 2.75) is 0 Å². The summed E-state index contributed by atoms with van der Waals surface area (Å²) in [5.74, 6) is 1.97. The van der Waals surface area contributed by atoms with Gasteiger partial charge in [0.1, 0.15) is 29.2 Å². The van der Waals surface area contributed by atoms with E-state index in [1.807, 2.05) is 12.1 Å². The first kappa shape index (κ1) is 12.7. The van der Waals surface area contributed by atoms with Gasteiger partial charge in [-0.15, -0.1) is 0 Å². The number of benzene rings is 1. The number of H-pyrrole nitrogens is 1. The normalized spacial score (nSPS) is 10.8. The number of fused-ring (bicyclic) bond motifs is 1. The van der Waals surface area contributed by atoms with E-state index in [2.05, 4.69) is 19.9 Å². The van der Waals surface area contributed by atoms with Crippen molar-refractivity contribution >= 4 is 22.8 Å². The molecule has 20 heavy (non-hydrogen) atoms. The third-order valence-electron chi connectivity index (χ3n) is 2.91. The van der Waals surface area contributed by atoms with Crippen molar-refractivity contribution in [2.75, 3.05) is 14.2 Å². The molecule has 3 aromatic rings. The fourth-order valence-electron chi connectivity index (χ4n) is 1.92. The molecule has 0 aliphatic heterocycles. The summed E-state index contributed by atoms with van der Waals surface area (Å²) in [7, 11) is 3.19. The molecule has 0 spiro atoms. The van der Waals surface area contributed by atoms with Crippen molar-refractivity contribution in [2.24, 2.45) is 0 Å². The number of hydrogen-bond acceptors (Lipinski definition) is 5. The van der Waals surface area contributed by atoms with Crippen molar-refractivity contribution in [3.8, 4) is 22.9 Å². The Labute approximate surface area is 119 Å². The maximum absolute atomic E-state index is 6.01. The average Bonchev–Trinajstić information content (AvgIpc) is 2.92. The van der Waals surface area contributed by atoms with Crippen LogP contribution in [0.5, 0.6) is 11.5 Å². The second-order valence-corrected chi connectivity index (χ2v) is 4.37. The number of ether oxygens (including phenoxy) is 2. The summed E-state index contributed by atoms with van der Waals surface area (Å²) in [6, 6.07) is 5.48. The first-order valence-electron chi connectivity index (χ1n) is 5.81. The monoisotopic (exact) mass is 290 g/mol. The molecule has 0 unspecified atom stereocenters. The Morgan fingerprint density at radius 2 is 2.00 bits per heavy atom. The summed E-state index contributed by atoms with van der Waals surface area (Å²) in [5.41, 5.74) is 1.90. The molecule has 0 amide bonds. The Morgan fingerprint density at radius 1 is 1.15 bits per heavy atom. The Kier molecular flexibility index (Phi) is 3.15. The standard InChI is InChI=1S/C13H11ClN4O2/c1-19-7-3-4-8(9(5-7)20-2)12-17-10-11(14)15-6-16-13(10)18-12/h3-6H,1-2H3,(H,15,16,17,18). The zero-order valence-corrected chi connectivity index (χ0v) is 11.6. The minimum absolute atomic E-state index is 0.334. The summed E-state index contributed by atoms with van der Waals surface area (Å²) in [5, 5.41) is 0.334. The fraction of sp³-hybridized carbons (Fsp3) is 0.154. The van der Waals surface area contributed by atoms with Crippen LogP contribution in [0.15, 0.2) is 24.5 Å². The van der Waals surface area contributed by atoms with Crippen LogP contribution in [0.2, 0.25) is 5.15 Å². The van der Waals surface area contributed by atoms with Crippen LogP contribution in [0.4, 0.5) is 0 Å². The molecule has 1 N–H and O–H groups in total. The predicted molar refractivity (Wildman–Crippen MR) is 75.2 cm³/mol. The van der Waals surface area contributed by atoms with Crippen LogP contribution < -0.4 is 9.47 Å². The second kappa shape index (κ2) is 4.97. The van der Waals surface area contributed by atoms with Gasteiger partial charge >= 0.3 is 0 Å². The molecule has 2 heterocycles. The van der Waals surface area contributed by atoms with Crippen LogP contribution in [-0.2, 0) is 0 Å². The minimum Gasteiger partial charge on any atom is -0.497 e. The van der Waals surface area contributed by atoms with E-state index in [1.165, 1.54) is 6.33 Å². The van der Waals surface area contributed by atoms with E-state index >= 15 is 0 Å². The van der Waals surface area contributed by atoms with Crippen LogP contribution in [0, 0.1) is 0 Å². The number of halogens is 1. The molecule has 0 aliphatic rings. The molecule has 0 atom stereocenters. The van der Waals surface area contributed by atoms with E-state index in [-0.39, 0.29) is 0 Å². The SMILES string of the molecule is COc1ccc(-c2nc3ncnc(Cl)c3[nH]2)c(OC)c1. The van der Waals surface area contributed by atoms with Crippen LogP contribution in [0.3, 0.4) is 0 Å². The Balaban J connectivity index is 2.17. The molecule has 0 saturated heterocycles. The van der Waals surface area contributed by atoms with Gasteiger partial charge in [-0.2, -0.15) is 0 Å². The van der Waals surface area contributed by atoms with Gasteiger partial charge in [0, 0.05) is 6.07 Å². The molecule has 2 aromatic heterocycles. The molecule has 6 nitrogen and oxygen atoms in total. The van der Waals surface area contributed by atoms with E-state index in [4.69, 9.17) is 21.1 Å². The number of hydrogen-bond donors (Lipinski definition) is 1. The first-order valence-corrected chi connectivity index (χ1v) is 6.19. The summed E-state index contributed by atoms with van der Waals surface area (Å²) >= 11 is 6.01. The molecule has 0 aliphatic carbocycles. The molecule has 0 bridgehead atoms. The molecule has 3 rings (SSSR count). The Morgan fingerprint density at radius 3 is 2.70 bits per heavy atom. The van der Waals surface area contributed by atoms with Gasteiger partial charge in [0.2, 0.25) is 0 Å². The minimum atomic E-state index is 0.334. The summed E-state index contributed by atoms with van der Waals surface area (Å²) in [6.07, 6.45) is 1.38. The number of imidazole rings is 1. The highest BCUT2D eigenvalue weighted by atomic mass is 35.5. The summed E-state index contributed by atoms with van der Waals surface area (Å²) in [6.45, 7) is 0. The van der Waals surface area contributed by atoms with Gasteiger partial charge < -0.3 is 14.5 Å². The Bertz CT molecular complexity index is 772. The highest BCUT2D eigenvalue weighted by Crippen LogP contribution is 2.33. The number of aromatic nitrogens is 4. The highest BCUT2D eigenvalue weighted by Gasteiger charge is 2.14. The quantitative estimate of drug-likeness (QED) is 0.751. The third-order valence-corrected chi connectivity index (χ3v) is 3.19. The maximum Gasteiger partial charge on any atom is 0.182 e. The van der Waals surface area contributed by atoms with Crippen LogP contribution in [0.1, 0.15) is 0 Å². The van der Waals surface area contributed by atoms with Crippen molar-refractivity contribution in [1.82, 2.24) is 19.9 Å². The largest absolute Gasteiger partial charge is 0.497 e. The zero-order chi connectivity index (χ0) is 14.1. The lowest BCUT2D eigenvalue weighted by atomic mass is 10.2. The average molecular weight is 291 g/mol. The van der Waals surface area contributed by atoms with Crippen molar-refractivity contribution in [1.29, 1.82) is 0 Å². The molecule has 7 heteroatoms. The molecule has 0 saturated carbocycles. The fourth-order valence-corrected chi connectivity index (χ4v) is 2.10. The Hall–Kier alpha value is -2.34. The topological polar surface area (TPSA) is 72.9 Å². The zero-order valence-electron chi connectivity index (χ0n) is 10.8. The maximum atomic E-state index is 6.01. The first-order chi connectivity index (χ1) is 9.72. The second-order valence-electron chi connectivity index (χ2n) is 4.01. The molecule has 0 fully saturated rings. The van der Waals surface area contributed by atoms with Gasteiger partial charge in [-0.1, -0.05) is 11.6 Å². The summed E-state index contributed by atoms with van der Waals surface area (Å²) < 4.78 is 10.5. The molecule has 0 radical (unpaired) electrons. The number of nitrogens with one attached hydrogen (secondary N) is 1. The number of aromatic amines is 1. The third kappa shape index (κ3) is 2.04. The van der Waals surface area contributed by atoms with Gasteiger partial charge in [0.25, 0.3) is 0 Å². The van der Waals surface area contributed by atoms with E-state index in [1.54, 1.807) is 20.3 Å². The number of methoxy groups -OCH3 is 2. The van der Waals surface area contributed by atoms with E-state index in [9.17, 15) is 0 Å². The number of rotatable bonds is 3. The van der Waals surface area contributed by atoms with E-state index < -0.39 is 0 Å². The predicted octanol–water partition coefficient (Wildman–Crippen LogP) is 2.69. The van der Waals surface area contributed by atoms with Gasteiger partial charge in [-0.25, -0.2) is 15.0 Å². The van der Waals surface area contributed by atoms with Gasteiger partial charge in [-0.3, -0.25) is 0 Å². The van der Waals surface area contributed by atoms with Gasteiger partial charge in [0.15, 0.2) is 10.8 Å². The summed E-state index contributed by atoms with van der Waals surface area (Å²) in [4.78, 5) is 15.5. The van der Waals surface area contributed by atoms with E-state index in [0.717, 1.165) is 5.56 Å². The lowest BCUT2D eigenvalue weighted by molar-refractivity contribution is 0.395. The van der Waals surface area contributed by atoms with Gasteiger partial charge in [0.05, 0.1) is 19.8 Å². The lowest BCUT2D eigenvalue weighted by Crippen LogP contribution is -1.91. The highest BCUT2D eigenvalue weighted by molar-refractivity contribution is 6.33. The van der Waals surface area contributed by atoms with Crippen LogP contribution in [-0.4, -0.2) is 34.2 Å². The molecular formula is C13H11ClN4O2. The van der Waals surface area contributed by atoms with Crippen LogP contribution >= 0.6 is 11.6 Å². The van der Waals surface area contributed by atoms with Crippen molar-refractivity contribution in [3.05, 3.63) is 29.7 Å². The van der Waals surface area contributed by atoms with E-state index in [0.29, 0.717) is 33.6 Å². The van der Waals surface area contributed by atoms with Crippen molar-refractivity contribution in [3.63, 3.8) is 0 Å². The van der Waals surface area contributed by atoms with Crippen molar-refractivity contribution < 1.29 is 9.47 Å². The lowest BCUT2D eigenvalue weighted by Gasteiger charge is -2.08. The molecule has 102 valence electrons. The molecular weight excluding hydrogens is 280 g/mol.